The van der Waals surface area contributed by atoms with E-state index in [-0.39, 0.29) is 11.0 Å². The average Bonchev–Trinajstić information content (AvgIpc) is 3.92. The molecule has 0 radical (unpaired) electrons. The summed E-state index contributed by atoms with van der Waals surface area (Å²) >= 11 is -1.88. The Morgan fingerprint density at radius 2 is 1.06 bits per heavy atom. The molecule has 2 heterocycles. The molecule has 64 heavy (non-hydrogen) atoms. The van der Waals surface area contributed by atoms with Gasteiger partial charge in [-0.25, -0.2) is 13.1 Å². The minimum atomic E-state index is -1.88. The molecule has 1 saturated carbocycles. The van der Waals surface area contributed by atoms with Crippen molar-refractivity contribution in [2.24, 2.45) is 10.8 Å². The summed E-state index contributed by atoms with van der Waals surface area (Å²) in [5, 5.41) is 0. The Balaban J connectivity index is 0.000000145. The fraction of sp³-hybridized carbons (Fsp3) is 0.407. The third-order valence-corrected chi connectivity index (χ3v) is 17.9. The van der Waals surface area contributed by atoms with Crippen molar-refractivity contribution in [3.63, 3.8) is 0 Å². The fourth-order valence-corrected chi connectivity index (χ4v) is 13.8. The van der Waals surface area contributed by atoms with E-state index in [1.54, 1.807) is 0 Å². The molecule has 1 unspecified atom stereocenters. The van der Waals surface area contributed by atoms with Crippen LogP contribution in [0.4, 0.5) is 11.4 Å². The number of para-hydroxylation sites is 2. The molecule has 2 saturated heterocycles. The Labute approximate surface area is 401 Å². The number of nitrogens with zero attached hydrogens (tertiary/aromatic N) is 2. The summed E-state index contributed by atoms with van der Waals surface area (Å²) in [6, 6.07) is 43.3. The first-order chi connectivity index (χ1) is 30.7. The van der Waals surface area contributed by atoms with Crippen molar-refractivity contribution in [2.45, 2.75) is 137 Å². The van der Waals surface area contributed by atoms with Crippen LogP contribution in [-0.2, 0) is 44.6 Å². The Morgan fingerprint density at radius 1 is 0.562 bits per heavy atom. The van der Waals surface area contributed by atoms with E-state index in [9.17, 15) is 0 Å². The van der Waals surface area contributed by atoms with Gasteiger partial charge in [-0.3, -0.25) is 0 Å². The molecule has 5 aromatic rings. The summed E-state index contributed by atoms with van der Waals surface area (Å²) < 4.78 is 1.12. The van der Waals surface area contributed by atoms with Crippen LogP contribution >= 0.6 is 19.4 Å². The van der Waals surface area contributed by atoms with Crippen molar-refractivity contribution in [3.8, 4) is 0 Å². The quantitative estimate of drug-likeness (QED) is 0.113. The molecule has 5 heteroatoms. The third-order valence-electron chi connectivity index (χ3n) is 14.8. The maximum absolute atomic E-state index is 6.19. The molecule has 1 atom stereocenters. The van der Waals surface area contributed by atoms with Crippen molar-refractivity contribution >= 4 is 40.4 Å². The minimum absolute atomic E-state index is 0.0800. The zero-order chi connectivity index (χ0) is 45.7. The van der Waals surface area contributed by atoms with Gasteiger partial charge < -0.3 is 9.80 Å². The van der Waals surface area contributed by atoms with Gasteiger partial charge in [0.25, 0.3) is 0 Å². The second-order valence-corrected chi connectivity index (χ2v) is 25.7. The van der Waals surface area contributed by atoms with E-state index in [2.05, 4.69) is 188 Å². The summed E-state index contributed by atoms with van der Waals surface area (Å²) in [6.07, 6.45) is 14.7. The van der Waals surface area contributed by atoms with Gasteiger partial charge >= 0.3 is 120 Å². The number of rotatable bonds is 8. The number of halogens is 2. The summed E-state index contributed by atoms with van der Waals surface area (Å²) in [5.41, 5.74) is 16.2. The third kappa shape index (κ3) is 9.94. The maximum atomic E-state index is 6.19. The van der Waals surface area contributed by atoms with E-state index in [0.29, 0.717) is 10.8 Å². The summed E-state index contributed by atoms with van der Waals surface area (Å²) in [7, 11) is 12.4. The normalized spacial score (nSPS) is 20.5. The van der Waals surface area contributed by atoms with Gasteiger partial charge in [0, 0.05) is 16.9 Å². The van der Waals surface area contributed by atoms with Gasteiger partial charge in [-0.1, -0.05) is 153 Å². The van der Waals surface area contributed by atoms with Crippen LogP contribution in [0.15, 0.2) is 127 Å². The average molecular weight is 981 g/mol. The topological polar surface area (TPSA) is 6.48 Å². The van der Waals surface area contributed by atoms with Crippen molar-refractivity contribution in [3.05, 3.63) is 185 Å². The Morgan fingerprint density at radius 3 is 1.59 bits per heavy atom. The van der Waals surface area contributed by atoms with Crippen LogP contribution in [0.5, 0.6) is 0 Å². The van der Waals surface area contributed by atoms with E-state index >= 15 is 0 Å². The predicted octanol–water partition coefficient (Wildman–Crippen LogP) is 16.3. The molecule has 5 aromatic carbocycles. The van der Waals surface area contributed by atoms with Gasteiger partial charge in [0.1, 0.15) is 0 Å². The molecule has 0 bridgehead atoms. The van der Waals surface area contributed by atoms with Gasteiger partial charge in [-0.2, -0.15) is 0 Å². The zero-order valence-electron chi connectivity index (χ0n) is 40.1. The molecule has 1 spiro atoms. The summed E-state index contributed by atoms with van der Waals surface area (Å²) in [6.45, 7) is 27.5. The SMILES string of the molecule is CCc1cccc(CC)c1N1[CH-]C(C)(c2ccccc2)CC1(C)C.CCc1cccc(CC)c1N1[CH-]C2(CCCCC2)C(C)(C)C1.[Cl][Ru]([Cl])=[C]1C=C(c2ccccc2)c2ccccc21. The molecule has 9 rings (SSSR count). The van der Waals surface area contributed by atoms with Crippen molar-refractivity contribution in [1.82, 2.24) is 0 Å². The van der Waals surface area contributed by atoms with Gasteiger partial charge in [0.15, 0.2) is 0 Å². The van der Waals surface area contributed by atoms with Gasteiger partial charge in [0.05, 0.1) is 0 Å². The first-order valence-electron chi connectivity index (χ1n) is 24.0. The molecule has 342 valence electrons. The molecular weight excluding hydrogens is 909 g/mol. The molecular formula is C59H72Cl2N2Ru-2. The molecule has 4 aliphatic rings. The fourth-order valence-electron chi connectivity index (χ4n) is 11.4. The number of benzene rings is 5. The van der Waals surface area contributed by atoms with Crippen LogP contribution < -0.4 is 9.80 Å². The van der Waals surface area contributed by atoms with E-state index in [1.807, 2.05) is 24.3 Å². The second-order valence-electron chi connectivity index (χ2n) is 19.9. The Bertz CT molecular complexity index is 2380. The van der Waals surface area contributed by atoms with Crippen molar-refractivity contribution in [1.29, 1.82) is 0 Å². The molecule has 2 aliphatic carbocycles. The molecule has 2 aliphatic heterocycles. The first kappa shape index (κ1) is 48.4. The van der Waals surface area contributed by atoms with Gasteiger partial charge in [0.2, 0.25) is 0 Å². The molecule has 0 amide bonds. The van der Waals surface area contributed by atoms with Crippen LogP contribution in [0.3, 0.4) is 0 Å². The summed E-state index contributed by atoms with van der Waals surface area (Å²) in [5.74, 6) is 0. The Kier molecular flexibility index (Phi) is 15.6. The molecule has 2 nitrogen and oxygen atoms in total. The zero-order valence-corrected chi connectivity index (χ0v) is 43.3. The number of hydrogen-bond donors (Lipinski definition) is 0. The van der Waals surface area contributed by atoms with Crippen LogP contribution in [-0.4, -0.2) is 16.2 Å². The van der Waals surface area contributed by atoms with Gasteiger partial charge in [-0.05, 0) is 80.2 Å². The summed E-state index contributed by atoms with van der Waals surface area (Å²) in [4.78, 5) is 5.20. The van der Waals surface area contributed by atoms with Crippen molar-refractivity contribution in [2.75, 3.05) is 16.3 Å². The first-order valence-corrected chi connectivity index (χ1v) is 29.3. The van der Waals surface area contributed by atoms with E-state index in [1.165, 1.54) is 100 Å². The van der Waals surface area contributed by atoms with Gasteiger partial charge in [-0.15, -0.1) is 10.8 Å². The number of aryl methyl sites for hydroxylation is 4. The van der Waals surface area contributed by atoms with E-state index in [0.717, 1.165) is 36.2 Å². The van der Waals surface area contributed by atoms with E-state index in [4.69, 9.17) is 19.4 Å². The second kappa shape index (κ2) is 20.6. The molecule has 3 fully saturated rings. The number of anilines is 2. The number of allylic oxidation sites excluding steroid dienone is 1. The van der Waals surface area contributed by atoms with Crippen LogP contribution in [0, 0.1) is 23.9 Å². The monoisotopic (exact) mass is 980 g/mol. The number of hydrogen-bond acceptors (Lipinski definition) is 2. The standard InChI is InChI=1S/C23H30N.C21H32N.C15H10.2ClH.Ru/c1-6-18-12-11-13-19(7-2)21(18)24-17-23(5,16-22(24,3)4)20-14-9-8-10-15-20;1-5-17-11-10-12-18(6-2)19(17)22-15-20(3,4)21(16-22)13-8-7-9-14-21;1-2-6-12(7-3-1)15-11-10-13-8-4-5-9-14(13)15;;;/h8-15,17H,6-7,16H2,1-5H3;10-12,16H,5-9,13-15H2,1-4H3;1-9,11H;2*1H;/q2*-1;;;;+2/p-2. The van der Waals surface area contributed by atoms with Crippen LogP contribution in [0.1, 0.15) is 145 Å². The van der Waals surface area contributed by atoms with Crippen molar-refractivity contribution < 1.29 is 13.5 Å². The number of fused-ring (bicyclic) bond motifs is 1. The van der Waals surface area contributed by atoms with Crippen LogP contribution in [0.2, 0.25) is 0 Å². The predicted molar refractivity (Wildman–Crippen MR) is 276 cm³/mol. The van der Waals surface area contributed by atoms with Crippen LogP contribution in [0.25, 0.3) is 5.57 Å². The van der Waals surface area contributed by atoms with E-state index < -0.39 is 13.5 Å². The Hall–Kier alpha value is -3.49. The molecule has 0 N–H and O–H groups in total. The molecule has 0 aromatic heterocycles.